The summed E-state index contributed by atoms with van der Waals surface area (Å²) in [5.74, 6) is 0.211. The number of carbonyl (C=O) groups is 1. The molecular weight excluding hydrogens is 601 g/mol. The molecule has 3 nitrogen and oxygen atoms in total. The lowest BCUT2D eigenvalue weighted by molar-refractivity contribution is 0.0626. The van der Waals surface area contributed by atoms with E-state index in [0.29, 0.717) is 11.3 Å². The van der Waals surface area contributed by atoms with Gasteiger partial charge in [0.05, 0.1) is 11.7 Å². The zero-order chi connectivity index (χ0) is 34.8. The Morgan fingerprint density at radius 3 is 1.43 bits per heavy atom. The molecule has 270 valence electrons. The third-order valence-corrected chi connectivity index (χ3v) is 9.90. The first-order valence-electron chi connectivity index (χ1n) is 20.2. The van der Waals surface area contributed by atoms with Crippen molar-refractivity contribution >= 4 is 5.97 Å². The van der Waals surface area contributed by atoms with Gasteiger partial charge in [0.2, 0.25) is 0 Å². The van der Waals surface area contributed by atoms with Crippen molar-refractivity contribution in [2.75, 3.05) is 6.61 Å². The van der Waals surface area contributed by atoms with Crippen molar-refractivity contribution in [2.45, 2.75) is 168 Å². The third-order valence-electron chi connectivity index (χ3n) is 9.90. The maximum atomic E-state index is 12.8. The van der Waals surface area contributed by atoms with Gasteiger partial charge in [-0.1, -0.05) is 184 Å². The number of ether oxygens (including phenoxy) is 2. The molecular formula is C46H68O3. The lowest BCUT2D eigenvalue weighted by atomic mass is 10.0. The molecule has 3 heteroatoms. The van der Waals surface area contributed by atoms with Crippen molar-refractivity contribution in [2.24, 2.45) is 0 Å². The highest BCUT2D eigenvalue weighted by atomic mass is 16.5. The molecule has 0 spiro atoms. The first-order valence-corrected chi connectivity index (χ1v) is 20.2. The zero-order valence-corrected chi connectivity index (χ0v) is 31.5. The summed E-state index contributed by atoms with van der Waals surface area (Å²) in [6.07, 6.45) is 29.6. The van der Waals surface area contributed by atoms with Crippen LogP contribution in [0.4, 0.5) is 0 Å². The highest BCUT2D eigenvalue weighted by Crippen LogP contribution is 2.25. The predicted molar refractivity (Wildman–Crippen MR) is 210 cm³/mol. The van der Waals surface area contributed by atoms with Gasteiger partial charge in [-0.05, 0) is 72.7 Å². The van der Waals surface area contributed by atoms with E-state index in [9.17, 15) is 4.79 Å². The lowest BCUT2D eigenvalue weighted by Gasteiger charge is -2.14. The van der Waals surface area contributed by atoms with Crippen molar-refractivity contribution in [3.05, 3.63) is 89.5 Å². The minimum absolute atomic E-state index is 0.00967. The molecule has 3 aromatic rings. The summed E-state index contributed by atoms with van der Waals surface area (Å²) in [5, 5.41) is 0. The Labute approximate surface area is 300 Å². The van der Waals surface area contributed by atoms with Crippen LogP contribution in [0.25, 0.3) is 11.1 Å². The molecule has 3 rings (SSSR count). The summed E-state index contributed by atoms with van der Waals surface area (Å²) in [4.78, 5) is 12.8. The van der Waals surface area contributed by atoms with Crippen LogP contribution in [0.2, 0.25) is 0 Å². The largest absolute Gasteiger partial charge is 0.423 e. The molecule has 0 aliphatic rings. The maximum absolute atomic E-state index is 12.8. The monoisotopic (exact) mass is 669 g/mol. The Balaban J connectivity index is 1.28. The van der Waals surface area contributed by atoms with Crippen LogP contribution in [0.5, 0.6) is 5.75 Å². The van der Waals surface area contributed by atoms with Gasteiger partial charge in [0, 0.05) is 6.61 Å². The van der Waals surface area contributed by atoms with E-state index in [4.69, 9.17) is 9.47 Å². The van der Waals surface area contributed by atoms with Gasteiger partial charge in [-0.2, -0.15) is 0 Å². The van der Waals surface area contributed by atoms with E-state index >= 15 is 0 Å². The minimum atomic E-state index is -0.343. The summed E-state index contributed by atoms with van der Waals surface area (Å²) in [7, 11) is 0. The number of aryl methyl sites for hydroxylation is 1. The highest BCUT2D eigenvalue weighted by molar-refractivity contribution is 5.91. The Morgan fingerprint density at radius 1 is 0.510 bits per heavy atom. The van der Waals surface area contributed by atoms with Crippen molar-refractivity contribution in [1.82, 2.24) is 0 Å². The van der Waals surface area contributed by atoms with Crippen LogP contribution < -0.4 is 4.74 Å². The maximum Gasteiger partial charge on any atom is 0.343 e. The summed E-state index contributed by atoms with van der Waals surface area (Å²) in [6.45, 7) is 7.40. The molecule has 0 saturated heterocycles. The van der Waals surface area contributed by atoms with Gasteiger partial charge in [0.1, 0.15) is 5.75 Å². The Kier molecular flexibility index (Phi) is 21.5. The molecule has 0 saturated carbocycles. The van der Waals surface area contributed by atoms with E-state index in [2.05, 4.69) is 45.0 Å². The molecule has 3 aromatic carbocycles. The van der Waals surface area contributed by atoms with E-state index in [1.807, 2.05) is 48.5 Å². The van der Waals surface area contributed by atoms with Crippen molar-refractivity contribution in [3.8, 4) is 16.9 Å². The van der Waals surface area contributed by atoms with Crippen LogP contribution in [-0.4, -0.2) is 12.6 Å². The van der Waals surface area contributed by atoms with Crippen LogP contribution in [0, 0.1) is 0 Å². The normalized spacial score (nSPS) is 11.9. The summed E-state index contributed by atoms with van der Waals surface area (Å²) >= 11 is 0. The van der Waals surface area contributed by atoms with Crippen molar-refractivity contribution in [3.63, 3.8) is 0 Å². The van der Waals surface area contributed by atoms with Gasteiger partial charge in [-0.3, -0.25) is 0 Å². The molecule has 0 heterocycles. The van der Waals surface area contributed by atoms with Crippen LogP contribution in [-0.2, 0) is 11.2 Å². The summed E-state index contributed by atoms with van der Waals surface area (Å²) < 4.78 is 11.7. The SMILES string of the molecule is CCCCCCCCCCCCCCCc1ccc(-c2ccc(OC(=O)c3ccc(C(C)OCCCCCCCCCC)cc3)cc2)cc1. The molecule has 0 aliphatic carbocycles. The standard InChI is InChI=1S/C46H68O3/c1-4-6-8-10-12-14-15-16-17-18-19-21-23-25-40-26-28-42(29-27-40)43-34-36-45(37-35-43)49-46(47)44-32-30-41(31-33-44)39(3)48-38-24-22-20-13-11-9-7-5-2/h26-37,39H,4-25,38H2,1-3H3. The van der Waals surface area contributed by atoms with Crippen LogP contribution in [0.3, 0.4) is 0 Å². The number of hydrogen-bond acceptors (Lipinski definition) is 3. The minimum Gasteiger partial charge on any atom is -0.423 e. The van der Waals surface area contributed by atoms with Gasteiger partial charge in [0.15, 0.2) is 0 Å². The van der Waals surface area contributed by atoms with Gasteiger partial charge < -0.3 is 9.47 Å². The molecule has 0 amide bonds. The number of hydrogen-bond donors (Lipinski definition) is 0. The Morgan fingerprint density at radius 2 is 0.939 bits per heavy atom. The predicted octanol–water partition coefficient (Wildman–Crippen LogP) is 14.4. The van der Waals surface area contributed by atoms with Crippen LogP contribution >= 0.6 is 0 Å². The summed E-state index contributed by atoms with van der Waals surface area (Å²) in [6, 6.07) is 24.4. The average Bonchev–Trinajstić information content (AvgIpc) is 3.13. The zero-order valence-electron chi connectivity index (χ0n) is 31.5. The number of esters is 1. The highest BCUT2D eigenvalue weighted by Gasteiger charge is 2.12. The second kappa shape index (κ2) is 26.0. The number of unbranched alkanes of at least 4 members (excludes halogenated alkanes) is 19. The molecule has 0 aromatic heterocycles. The van der Waals surface area contributed by atoms with E-state index in [1.165, 1.54) is 140 Å². The fraction of sp³-hybridized carbons (Fsp3) is 0.587. The topological polar surface area (TPSA) is 35.5 Å². The van der Waals surface area contributed by atoms with E-state index in [0.717, 1.165) is 30.6 Å². The molecule has 0 aliphatic heterocycles. The Bertz CT molecular complexity index is 1230. The second-order valence-corrected chi connectivity index (χ2v) is 14.2. The fourth-order valence-electron chi connectivity index (χ4n) is 6.57. The number of rotatable bonds is 28. The van der Waals surface area contributed by atoms with Gasteiger partial charge in [-0.15, -0.1) is 0 Å². The molecule has 0 N–H and O–H groups in total. The van der Waals surface area contributed by atoms with Gasteiger partial charge >= 0.3 is 5.97 Å². The number of benzene rings is 3. The second-order valence-electron chi connectivity index (χ2n) is 14.2. The van der Waals surface area contributed by atoms with E-state index < -0.39 is 0 Å². The average molecular weight is 669 g/mol. The molecule has 0 bridgehead atoms. The first kappa shape index (κ1) is 40.5. The quantitative estimate of drug-likeness (QED) is 0.0439. The van der Waals surface area contributed by atoms with Crippen LogP contribution in [0.1, 0.15) is 183 Å². The molecule has 49 heavy (non-hydrogen) atoms. The van der Waals surface area contributed by atoms with E-state index in [-0.39, 0.29) is 12.1 Å². The van der Waals surface area contributed by atoms with Gasteiger partial charge in [-0.25, -0.2) is 4.79 Å². The van der Waals surface area contributed by atoms with E-state index in [1.54, 1.807) is 0 Å². The molecule has 1 unspecified atom stereocenters. The lowest BCUT2D eigenvalue weighted by Crippen LogP contribution is -2.09. The smallest absolute Gasteiger partial charge is 0.343 e. The van der Waals surface area contributed by atoms with Crippen molar-refractivity contribution < 1.29 is 14.3 Å². The third kappa shape index (κ3) is 17.5. The van der Waals surface area contributed by atoms with Crippen LogP contribution in [0.15, 0.2) is 72.8 Å². The first-order chi connectivity index (χ1) is 24.1. The molecule has 1 atom stereocenters. The molecule has 0 radical (unpaired) electrons. The van der Waals surface area contributed by atoms with Crippen molar-refractivity contribution in [1.29, 1.82) is 0 Å². The van der Waals surface area contributed by atoms with Gasteiger partial charge in [0.25, 0.3) is 0 Å². The number of carbonyl (C=O) groups excluding carboxylic acids is 1. The Hall–Kier alpha value is -2.91. The molecule has 0 fully saturated rings. The summed E-state index contributed by atoms with van der Waals surface area (Å²) in [5.41, 5.74) is 5.34. The fourth-order valence-corrected chi connectivity index (χ4v) is 6.57.